The Bertz CT molecular complexity index is 959. The second-order valence-electron chi connectivity index (χ2n) is 9.46. The quantitative estimate of drug-likeness (QED) is 0.545. The summed E-state index contributed by atoms with van der Waals surface area (Å²) in [5, 5.41) is 9.49. The normalized spacial score (nSPS) is 16.7. The number of hydrogen-bond donors (Lipinski definition) is 1. The van der Waals surface area contributed by atoms with Crippen LogP contribution in [0.15, 0.2) is 24.5 Å². The lowest BCUT2D eigenvalue weighted by atomic mass is 10.1. The topological polar surface area (TPSA) is 88.0 Å². The summed E-state index contributed by atoms with van der Waals surface area (Å²) >= 11 is 0. The molecule has 2 fully saturated rings. The summed E-state index contributed by atoms with van der Waals surface area (Å²) in [6.07, 6.45) is 8.67. The average Bonchev–Trinajstić information content (AvgIpc) is 2.92. The molecule has 2 aromatic heterocycles. The Labute approximate surface area is 215 Å². The molecule has 8 heteroatoms. The van der Waals surface area contributed by atoms with E-state index in [0.717, 1.165) is 99.8 Å². The highest BCUT2D eigenvalue weighted by molar-refractivity contribution is 5.83. The molecule has 0 spiro atoms. The number of aryl methyl sites for hydroxylation is 2. The lowest BCUT2D eigenvalue weighted by Gasteiger charge is -2.35. The van der Waals surface area contributed by atoms with Crippen LogP contribution in [-0.2, 0) is 16.1 Å². The second kappa shape index (κ2) is 14.3. The zero-order valence-corrected chi connectivity index (χ0v) is 22.3. The Morgan fingerprint density at radius 1 is 0.861 bits per heavy atom. The molecule has 2 saturated heterocycles. The molecule has 2 aliphatic heterocycles. The van der Waals surface area contributed by atoms with E-state index in [4.69, 9.17) is 9.47 Å². The third-order valence-electron chi connectivity index (χ3n) is 6.90. The number of nitrogens with zero attached hydrogens (tertiary/aromatic N) is 4. The molecule has 0 amide bonds. The van der Waals surface area contributed by atoms with Gasteiger partial charge in [-0.25, -0.2) is 9.97 Å². The standard InChI is InChI=1S/C14H22N2O2.C14H20N2O2/c2*1-3-16(13-4-6-18-7-5-13)14-12(10-17)8-11(2)9-15-14/h8-9,13,17H,3-7,10H2,1-2H3;8-10,13H,3-7H2,1-2H3. The minimum atomic E-state index is 0.0454. The van der Waals surface area contributed by atoms with Gasteiger partial charge < -0.3 is 24.4 Å². The number of rotatable bonds is 8. The molecule has 36 heavy (non-hydrogen) atoms. The van der Waals surface area contributed by atoms with E-state index in [-0.39, 0.29) is 6.61 Å². The fourth-order valence-corrected chi connectivity index (χ4v) is 5.06. The van der Waals surface area contributed by atoms with Crippen LogP contribution in [0.3, 0.4) is 0 Å². The van der Waals surface area contributed by atoms with Crippen molar-refractivity contribution < 1.29 is 19.4 Å². The van der Waals surface area contributed by atoms with Crippen molar-refractivity contribution in [2.75, 3.05) is 49.3 Å². The van der Waals surface area contributed by atoms with Gasteiger partial charge in [-0.2, -0.15) is 0 Å². The summed E-state index contributed by atoms with van der Waals surface area (Å²) in [6, 6.07) is 4.82. The van der Waals surface area contributed by atoms with Gasteiger partial charge in [0.15, 0.2) is 6.29 Å². The smallest absolute Gasteiger partial charge is 0.153 e. The number of aldehydes is 1. The van der Waals surface area contributed by atoms with Crippen molar-refractivity contribution in [1.82, 2.24) is 9.97 Å². The third kappa shape index (κ3) is 7.24. The largest absolute Gasteiger partial charge is 0.392 e. The molecule has 8 nitrogen and oxygen atoms in total. The predicted octanol–water partition coefficient (Wildman–Crippen LogP) is 4.10. The van der Waals surface area contributed by atoms with Crippen LogP contribution < -0.4 is 9.80 Å². The summed E-state index contributed by atoms with van der Waals surface area (Å²) in [6.45, 7) is 13.2. The van der Waals surface area contributed by atoms with Gasteiger partial charge in [0.05, 0.1) is 12.2 Å². The SMILES string of the molecule is CCN(c1ncc(C)cc1C=O)C1CCOCC1.CCN(c1ncc(C)cc1CO)C1CCOCC1. The van der Waals surface area contributed by atoms with Crippen molar-refractivity contribution >= 4 is 17.9 Å². The fraction of sp³-hybridized carbons (Fsp3) is 0.607. The number of ether oxygens (including phenoxy) is 2. The Hall–Kier alpha value is -2.55. The summed E-state index contributed by atoms with van der Waals surface area (Å²) in [5.41, 5.74) is 3.71. The van der Waals surface area contributed by atoms with Gasteiger partial charge in [0.1, 0.15) is 11.6 Å². The van der Waals surface area contributed by atoms with Gasteiger partial charge in [-0.1, -0.05) is 0 Å². The van der Waals surface area contributed by atoms with Gasteiger partial charge in [0.25, 0.3) is 0 Å². The summed E-state index contributed by atoms with van der Waals surface area (Å²) in [7, 11) is 0. The van der Waals surface area contributed by atoms with E-state index in [1.807, 2.05) is 38.4 Å². The monoisotopic (exact) mass is 498 g/mol. The van der Waals surface area contributed by atoms with Crippen molar-refractivity contribution in [3.05, 3.63) is 46.8 Å². The van der Waals surface area contributed by atoms with Gasteiger partial charge in [-0.15, -0.1) is 0 Å². The number of pyridine rings is 2. The first-order valence-corrected chi connectivity index (χ1v) is 13.2. The van der Waals surface area contributed by atoms with Crippen molar-refractivity contribution in [1.29, 1.82) is 0 Å². The Kier molecular flexibility index (Phi) is 11.1. The molecule has 2 aromatic rings. The van der Waals surface area contributed by atoms with Crippen molar-refractivity contribution in [3.63, 3.8) is 0 Å². The second-order valence-corrected chi connectivity index (χ2v) is 9.46. The lowest BCUT2D eigenvalue weighted by molar-refractivity contribution is 0.0843. The van der Waals surface area contributed by atoms with Gasteiger partial charge in [0.2, 0.25) is 0 Å². The molecule has 0 bridgehead atoms. The molecular formula is C28H42N4O4. The maximum absolute atomic E-state index is 11.2. The Morgan fingerprint density at radius 3 is 1.81 bits per heavy atom. The number of anilines is 2. The van der Waals surface area contributed by atoms with Crippen LogP contribution in [0.25, 0.3) is 0 Å². The number of carbonyl (C=O) groups excluding carboxylic acids is 1. The van der Waals surface area contributed by atoms with Gasteiger partial charge >= 0.3 is 0 Å². The number of hydrogen-bond acceptors (Lipinski definition) is 8. The molecular weight excluding hydrogens is 456 g/mol. The van der Waals surface area contributed by atoms with E-state index in [1.165, 1.54) is 0 Å². The Morgan fingerprint density at radius 2 is 1.33 bits per heavy atom. The first-order chi connectivity index (χ1) is 17.5. The van der Waals surface area contributed by atoms with Crippen LogP contribution in [0.5, 0.6) is 0 Å². The van der Waals surface area contributed by atoms with Crippen LogP contribution in [-0.4, -0.2) is 73.0 Å². The van der Waals surface area contributed by atoms with Gasteiger partial charge in [-0.3, -0.25) is 4.79 Å². The first kappa shape index (κ1) is 28.0. The summed E-state index contributed by atoms with van der Waals surface area (Å²) in [4.78, 5) is 24.7. The van der Waals surface area contributed by atoms with Crippen molar-refractivity contribution in [2.45, 2.75) is 72.1 Å². The fourth-order valence-electron chi connectivity index (χ4n) is 5.06. The lowest BCUT2D eigenvalue weighted by Crippen LogP contribution is -2.40. The highest BCUT2D eigenvalue weighted by atomic mass is 16.5. The maximum Gasteiger partial charge on any atom is 0.153 e. The van der Waals surface area contributed by atoms with Crippen LogP contribution in [0.1, 0.15) is 66.6 Å². The molecule has 0 radical (unpaired) electrons. The Balaban J connectivity index is 0.000000201. The molecule has 0 aromatic carbocycles. The van der Waals surface area contributed by atoms with Crippen LogP contribution in [0, 0.1) is 13.8 Å². The number of carbonyl (C=O) groups is 1. The predicted molar refractivity (Wildman–Crippen MR) is 143 cm³/mol. The minimum absolute atomic E-state index is 0.0454. The van der Waals surface area contributed by atoms with Crippen LogP contribution >= 0.6 is 0 Å². The van der Waals surface area contributed by atoms with Crippen LogP contribution in [0.2, 0.25) is 0 Å². The molecule has 0 unspecified atom stereocenters. The summed E-state index contributed by atoms with van der Waals surface area (Å²) in [5.74, 6) is 1.74. The van der Waals surface area contributed by atoms with E-state index in [2.05, 4.69) is 33.6 Å². The molecule has 2 aliphatic rings. The number of aromatic nitrogens is 2. The van der Waals surface area contributed by atoms with E-state index >= 15 is 0 Å². The van der Waals surface area contributed by atoms with E-state index in [9.17, 15) is 9.90 Å². The number of aliphatic hydroxyl groups is 1. The maximum atomic E-state index is 11.2. The third-order valence-corrected chi connectivity index (χ3v) is 6.90. The number of aliphatic hydroxyl groups excluding tert-OH is 1. The highest BCUT2D eigenvalue weighted by Gasteiger charge is 2.24. The highest BCUT2D eigenvalue weighted by Crippen LogP contribution is 2.26. The van der Waals surface area contributed by atoms with Crippen molar-refractivity contribution in [2.24, 2.45) is 0 Å². The molecule has 198 valence electrons. The minimum Gasteiger partial charge on any atom is -0.392 e. The van der Waals surface area contributed by atoms with E-state index in [1.54, 1.807) is 0 Å². The van der Waals surface area contributed by atoms with E-state index < -0.39 is 0 Å². The molecule has 0 atom stereocenters. The first-order valence-electron chi connectivity index (χ1n) is 13.2. The van der Waals surface area contributed by atoms with Crippen molar-refractivity contribution in [3.8, 4) is 0 Å². The average molecular weight is 499 g/mol. The zero-order chi connectivity index (χ0) is 25.9. The summed E-state index contributed by atoms with van der Waals surface area (Å²) < 4.78 is 10.8. The van der Waals surface area contributed by atoms with Gasteiger partial charge in [-0.05, 0) is 76.6 Å². The zero-order valence-electron chi connectivity index (χ0n) is 22.3. The molecule has 0 saturated carbocycles. The van der Waals surface area contributed by atoms with Crippen LogP contribution in [0.4, 0.5) is 11.6 Å². The molecule has 1 N–H and O–H groups in total. The molecule has 4 rings (SSSR count). The molecule has 4 heterocycles. The van der Waals surface area contributed by atoms with Gasteiger partial charge in [0, 0.05) is 69.6 Å². The van der Waals surface area contributed by atoms with E-state index in [0.29, 0.717) is 17.6 Å². The molecule has 0 aliphatic carbocycles.